The van der Waals surface area contributed by atoms with Crippen molar-refractivity contribution in [3.63, 3.8) is 0 Å². The lowest BCUT2D eigenvalue weighted by atomic mass is 9.72. The van der Waals surface area contributed by atoms with Crippen LogP contribution in [0.4, 0.5) is 0 Å². The first-order valence-corrected chi connectivity index (χ1v) is 11.7. The van der Waals surface area contributed by atoms with Gasteiger partial charge in [0.1, 0.15) is 0 Å². The number of hydrogen-bond acceptors (Lipinski definition) is 7. The van der Waals surface area contributed by atoms with Gasteiger partial charge in [-0.25, -0.2) is 4.79 Å². The van der Waals surface area contributed by atoms with E-state index in [0.717, 1.165) is 31.2 Å². The third kappa shape index (κ3) is 5.93. The minimum Gasteiger partial charge on any atom is -0.456 e. The molecule has 1 fully saturated rings. The highest BCUT2D eigenvalue weighted by Crippen LogP contribution is 2.36. The summed E-state index contributed by atoms with van der Waals surface area (Å²) in [6, 6.07) is 10.1. The zero-order valence-corrected chi connectivity index (χ0v) is 19.8. The number of carbonyl (C=O) groups is 2. The first kappa shape index (κ1) is 24.8. The van der Waals surface area contributed by atoms with E-state index in [0.29, 0.717) is 31.9 Å². The van der Waals surface area contributed by atoms with Gasteiger partial charge in [-0.1, -0.05) is 57.0 Å². The number of hydrogen-bond donors (Lipinski definition) is 0. The maximum atomic E-state index is 13.8. The maximum Gasteiger partial charge on any atom is 0.519 e. The van der Waals surface area contributed by atoms with E-state index in [-0.39, 0.29) is 24.8 Å². The minimum absolute atomic E-state index is 0.122. The van der Waals surface area contributed by atoms with Crippen LogP contribution >= 0.6 is 0 Å². The molecule has 2 aromatic rings. The quantitative estimate of drug-likeness (QED) is 0.505. The van der Waals surface area contributed by atoms with E-state index in [4.69, 9.17) is 13.6 Å². The van der Waals surface area contributed by atoms with Crippen LogP contribution in [0.15, 0.2) is 44.0 Å². The number of rotatable bonds is 10. The molecule has 1 aromatic heterocycles. The van der Waals surface area contributed by atoms with Crippen LogP contribution in [0.5, 0.6) is 0 Å². The van der Waals surface area contributed by atoms with E-state index in [1.807, 2.05) is 28.0 Å². The summed E-state index contributed by atoms with van der Waals surface area (Å²) in [5.41, 5.74) is 0.587. The highest BCUT2D eigenvalue weighted by Gasteiger charge is 2.41. The number of aryl methyl sites for hydroxylation is 1. The smallest absolute Gasteiger partial charge is 0.456 e. The Morgan fingerprint density at radius 3 is 2.18 bits per heavy atom. The molecule has 0 N–H and O–H groups in total. The zero-order valence-electron chi connectivity index (χ0n) is 19.8. The number of ether oxygens (including phenoxy) is 1. The van der Waals surface area contributed by atoms with Crippen LogP contribution < -0.4 is 5.82 Å². The molecule has 1 aliphatic heterocycles. The van der Waals surface area contributed by atoms with Gasteiger partial charge >= 0.3 is 11.8 Å². The van der Waals surface area contributed by atoms with Crippen molar-refractivity contribution in [2.45, 2.75) is 58.5 Å². The average molecular weight is 459 g/mol. The minimum atomic E-state index is -0.808. The number of esters is 1. The van der Waals surface area contributed by atoms with Gasteiger partial charge in [-0.2, -0.15) is 0 Å². The molecule has 1 aromatic carbocycles. The Morgan fingerprint density at radius 1 is 1.00 bits per heavy atom. The van der Waals surface area contributed by atoms with Gasteiger partial charge in [0.25, 0.3) is 0 Å². The summed E-state index contributed by atoms with van der Waals surface area (Å²) in [5.74, 6) is -0.510. The topological polar surface area (TPSA) is 93.2 Å². The van der Waals surface area contributed by atoms with E-state index < -0.39 is 17.2 Å². The Bertz CT molecular complexity index is 966. The summed E-state index contributed by atoms with van der Waals surface area (Å²) in [5, 5.41) is 0. The van der Waals surface area contributed by atoms with Crippen molar-refractivity contribution < 1.29 is 23.2 Å². The van der Waals surface area contributed by atoms with E-state index in [9.17, 15) is 14.4 Å². The average Bonchev–Trinajstić information content (AvgIpc) is 3.15. The Morgan fingerprint density at radius 2 is 1.64 bits per heavy atom. The zero-order chi connectivity index (χ0) is 23.8. The van der Waals surface area contributed by atoms with E-state index >= 15 is 0 Å². The fourth-order valence-electron chi connectivity index (χ4n) is 4.65. The second kappa shape index (κ2) is 11.3. The lowest BCUT2D eigenvalue weighted by Crippen LogP contribution is -2.55. The number of nitrogens with zero attached hydrogens (tertiary/aromatic N) is 2. The molecule has 0 unspecified atom stereocenters. The largest absolute Gasteiger partial charge is 0.519 e. The Balaban J connectivity index is 1.58. The van der Waals surface area contributed by atoms with Crippen molar-refractivity contribution in [1.82, 2.24) is 9.80 Å². The molecule has 0 radical (unpaired) electrons. The van der Waals surface area contributed by atoms with Crippen molar-refractivity contribution in [3.8, 4) is 0 Å². The van der Waals surface area contributed by atoms with Crippen LogP contribution in [0.2, 0.25) is 0 Å². The molecule has 1 aliphatic rings. The second-order valence-electron chi connectivity index (χ2n) is 8.61. The Kier molecular flexibility index (Phi) is 8.49. The summed E-state index contributed by atoms with van der Waals surface area (Å²) in [4.78, 5) is 41.0. The lowest BCUT2D eigenvalue weighted by molar-refractivity contribution is -0.148. The number of piperazine rings is 1. The van der Waals surface area contributed by atoms with Crippen molar-refractivity contribution in [2.24, 2.45) is 0 Å². The molecular weight excluding hydrogens is 424 g/mol. The maximum absolute atomic E-state index is 13.8. The van der Waals surface area contributed by atoms with Crippen LogP contribution in [0.3, 0.4) is 0 Å². The molecule has 0 bridgehead atoms. The van der Waals surface area contributed by atoms with Gasteiger partial charge in [0.05, 0.1) is 12.0 Å². The summed E-state index contributed by atoms with van der Waals surface area (Å²) in [6.07, 6.45) is 3.50. The third-order valence-corrected chi connectivity index (χ3v) is 6.30. The van der Waals surface area contributed by atoms with Gasteiger partial charge in [-0.15, -0.1) is 0 Å². The van der Waals surface area contributed by atoms with E-state index in [1.165, 1.54) is 0 Å². The molecule has 180 valence electrons. The SMILES string of the molecule is CCCC(CCC)(C(=O)N1CCN(CC(=O)OCc2oc(=O)oc2C)CC1)c1ccccc1. The van der Waals surface area contributed by atoms with Gasteiger partial charge in [-0.05, 0) is 25.3 Å². The van der Waals surface area contributed by atoms with Gasteiger partial charge < -0.3 is 18.5 Å². The van der Waals surface area contributed by atoms with Gasteiger partial charge in [-0.3, -0.25) is 14.5 Å². The standard InChI is InChI=1S/C25H34N2O6/c1-4-11-25(12-5-2,20-9-7-6-8-10-20)23(29)27-15-13-26(14-16-27)17-22(28)31-18-21-19(3)32-24(30)33-21/h6-10H,4-5,11-18H2,1-3H3. The fraction of sp³-hybridized carbons (Fsp3) is 0.560. The van der Waals surface area contributed by atoms with Crippen LogP contribution in [-0.2, 0) is 26.3 Å². The highest BCUT2D eigenvalue weighted by molar-refractivity contribution is 5.88. The molecule has 33 heavy (non-hydrogen) atoms. The highest BCUT2D eigenvalue weighted by atomic mass is 16.6. The molecule has 0 aliphatic carbocycles. The van der Waals surface area contributed by atoms with Crippen molar-refractivity contribution >= 4 is 11.9 Å². The number of amides is 1. The van der Waals surface area contributed by atoms with Crippen molar-refractivity contribution in [1.29, 1.82) is 0 Å². The molecule has 1 saturated heterocycles. The summed E-state index contributed by atoms with van der Waals surface area (Å²) in [7, 11) is 0. The molecule has 3 rings (SSSR count). The number of benzene rings is 1. The first-order chi connectivity index (χ1) is 15.9. The Labute approximate surface area is 194 Å². The van der Waals surface area contributed by atoms with Crippen molar-refractivity contribution in [3.05, 3.63) is 58.0 Å². The summed E-state index contributed by atoms with van der Waals surface area (Å²) >= 11 is 0. The van der Waals surface area contributed by atoms with E-state index in [1.54, 1.807) is 6.92 Å². The predicted octanol–water partition coefficient (Wildman–Crippen LogP) is 3.27. The normalized spacial score (nSPS) is 14.9. The van der Waals surface area contributed by atoms with Gasteiger partial charge in [0, 0.05) is 26.2 Å². The summed E-state index contributed by atoms with van der Waals surface area (Å²) < 4.78 is 14.8. The Hall–Kier alpha value is -2.87. The molecular formula is C25H34N2O6. The molecule has 8 nitrogen and oxygen atoms in total. The lowest BCUT2D eigenvalue weighted by Gasteiger charge is -2.41. The van der Waals surface area contributed by atoms with E-state index in [2.05, 4.69) is 26.0 Å². The second-order valence-corrected chi connectivity index (χ2v) is 8.61. The van der Waals surface area contributed by atoms with Crippen LogP contribution in [-0.4, -0.2) is 54.4 Å². The van der Waals surface area contributed by atoms with Gasteiger partial charge in [0.2, 0.25) is 5.91 Å². The predicted molar refractivity (Wildman–Crippen MR) is 123 cm³/mol. The van der Waals surface area contributed by atoms with Crippen LogP contribution in [0.1, 0.15) is 56.6 Å². The summed E-state index contributed by atoms with van der Waals surface area (Å²) in [6.45, 7) is 8.16. The van der Waals surface area contributed by atoms with Crippen LogP contribution in [0, 0.1) is 6.92 Å². The van der Waals surface area contributed by atoms with Gasteiger partial charge in [0.15, 0.2) is 18.1 Å². The third-order valence-electron chi connectivity index (χ3n) is 6.30. The van der Waals surface area contributed by atoms with Crippen LogP contribution in [0.25, 0.3) is 0 Å². The molecule has 0 spiro atoms. The fourth-order valence-corrected chi connectivity index (χ4v) is 4.65. The molecule has 8 heteroatoms. The number of carbonyl (C=O) groups excluding carboxylic acids is 2. The van der Waals surface area contributed by atoms with Crippen molar-refractivity contribution in [2.75, 3.05) is 32.7 Å². The monoisotopic (exact) mass is 458 g/mol. The first-order valence-electron chi connectivity index (χ1n) is 11.7. The molecule has 2 heterocycles. The molecule has 0 saturated carbocycles. The molecule has 1 amide bonds. The molecule has 0 atom stereocenters.